The Kier molecular flexibility index (Phi) is 3.68. The van der Waals surface area contributed by atoms with Crippen LogP contribution in [-0.4, -0.2) is 16.7 Å². The number of hydrogen-bond donors (Lipinski definition) is 0. The number of ether oxygens (including phenoxy) is 1. The highest BCUT2D eigenvalue weighted by atomic mass is 19.4. The minimum absolute atomic E-state index is 0.184. The Morgan fingerprint density at radius 2 is 2.14 bits per heavy atom. The second-order valence-corrected chi connectivity index (χ2v) is 5.57. The van der Waals surface area contributed by atoms with Crippen LogP contribution in [0.3, 0.4) is 0 Å². The van der Waals surface area contributed by atoms with E-state index in [1.54, 1.807) is 6.07 Å². The Bertz CT molecular complexity index is 661. The quantitative estimate of drug-likeness (QED) is 0.867. The summed E-state index contributed by atoms with van der Waals surface area (Å²) in [5.41, 5.74) is -0.779. The molecule has 2 heterocycles. The van der Waals surface area contributed by atoms with Gasteiger partial charge in [0.05, 0.1) is 5.56 Å². The normalized spacial score (nSPS) is 22.2. The minimum atomic E-state index is -4.36. The maximum absolute atomic E-state index is 12.7. The molecule has 1 aliphatic heterocycles. The van der Waals surface area contributed by atoms with Gasteiger partial charge in [0.25, 0.3) is 5.89 Å². The van der Waals surface area contributed by atoms with Crippen LogP contribution >= 0.6 is 0 Å². The van der Waals surface area contributed by atoms with Crippen molar-refractivity contribution in [2.24, 2.45) is 0 Å². The fourth-order valence-corrected chi connectivity index (χ4v) is 2.53. The number of alkyl halides is 3. The molecular weight excluding hydrogens is 297 g/mol. The van der Waals surface area contributed by atoms with Crippen molar-refractivity contribution in [1.82, 2.24) is 10.1 Å². The van der Waals surface area contributed by atoms with Gasteiger partial charge in [0.15, 0.2) is 5.82 Å². The van der Waals surface area contributed by atoms with E-state index >= 15 is 0 Å². The summed E-state index contributed by atoms with van der Waals surface area (Å²) >= 11 is 0. The smallest absolute Gasteiger partial charge is 0.365 e. The van der Waals surface area contributed by atoms with Crippen molar-refractivity contribution in [1.29, 1.82) is 0 Å². The molecule has 1 aliphatic rings. The minimum Gasteiger partial charge on any atom is -0.365 e. The van der Waals surface area contributed by atoms with Crippen molar-refractivity contribution in [3.8, 4) is 0 Å². The van der Waals surface area contributed by atoms with Crippen molar-refractivity contribution < 1.29 is 22.4 Å². The Balaban J connectivity index is 1.78. The Hall–Kier alpha value is -1.89. The van der Waals surface area contributed by atoms with E-state index in [-0.39, 0.29) is 6.42 Å². The summed E-state index contributed by atoms with van der Waals surface area (Å²) in [6.45, 7) is 2.52. The van der Waals surface area contributed by atoms with Crippen LogP contribution in [-0.2, 0) is 22.9 Å². The molecule has 0 spiro atoms. The Morgan fingerprint density at radius 3 is 2.82 bits per heavy atom. The zero-order valence-corrected chi connectivity index (χ0v) is 12.0. The Morgan fingerprint density at radius 1 is 1.32 bits per heavy atom. The van der Waals surface area contributed by atoms with Gasteiger partial charge in [0, 0.05) is 13.0 Å². The van der Waals surface area contributed by atoms with Crippen molar-refractivity contribution >= 4 is 0 Å². The molecule has 3 rings (SSSR count). The van der Waals surface area contributed by atoms with Crippen LogP contribution in [0.5, 0.6) is 0 Å². The highest BCUT2D eigenvalue weighted by Gasteiger charge is 2.37. The average molecular weight is 312 g/mol. The summed E-state index contributed by atoms with van der Waals surface area (Å²) in [6, 6.07) is 5.13. The van der Waals surface area contributed by atoms with E-state index in [2.05, 4.69) is 10.1 Å². The molecule has 118 valence electrons. The molecule has 2 aromatic rings. The van der Waals surface area contributed by atoms with Gasteiger partial charge in [-0.1, -0.05) is 23.4 Å². The number of hydrogen-bond acceptors (Lipinski definition) is 4. The molecular formula is C15H15F3N2O2. The summed E-state index contributed by atoms with van der Waals surface area (Å²) in [5, 5.41) is 3.85. The molecule has 0 saturated carbocycles. The molecule has 22 heavy (non-hydrogen) atoms. The average Bonchev–Trinajstić information content (AvgIpc) is 3.08. The van der Waals surface area contributed by atoms with Gasteiger partial charge in [0.2, 0.25) is 0 Å². The van der Waals surface area contributed by atoms with Gasteiger partial charge < -0.3 is 9.26 Å². The predicted molar refractivity (Wildman–Crippen MR) is 71.1 cm³/mol. The first-order chi connectivity index (χ1) is 10.4. The molecule has 0 radical (unpaired) electrons. The summed E-state index contributed by atoms with van der Waals surface area (Å²) in [5.74, 6) is 0.734. The third kappa shape index (κ3) is 2.99. The molecule has 1 fully saturated rings. The second-order valence-electron chi connectivity index (χ2n) is 5.57. The number of halogens is 3. The summed E-state index contributed by atoms with van der Waals surface area (Å²) < 4.78 is 48.9. The van der Waals surface area contributed by atoms with E-state index in [9.17, 15) is 13.2 Å². The molecule has 0 amide bonds. The lowest BCUT2D eigenvalue weighted by Gasteiger charge is -2.16. The number of rotatable bonds is 3. The SMILES string of the molecule is C[C@]1(c2nc(Cc3cccc(C(F)(F)F)c3)no2)CCCO1. The molecule has 7 heteroatoms. The lowest BCUT2D eigenvalue weighted by Crippen LogP contribution is -2.20. The number of benzene rings is 1. The van der Waals surface area contributed by atoms with E-state index in [0.29, 0.717) is 23.9 Å². The fraction of sp³-hybridized carbons (Fsp3) is 0.467. The van der Waals surface area contributed by atoms with Gasteiger partial charge in [-0.2, -0.15) is 18.2 Å². The van der Waals surface area contributed by atoms with Gasteiger partial charge in [0.1, 0.15) is 5.60 Å². The topological polar surface area (TPSA) is 48.2 Å². The van der Waals surface area contributed by atoms with E-state index in [4.69, 9.17) is 9.26 Å². The van der Waals surface area contributed by atoms with Gasteiger partial charge in [-0.05, 0) is 31.4 Å². The molecule has 4 nitrogen and oxygen atoms in total. The molecule has 1 saturated heterocycles. The first kappa shape index (κ1) is 15.0. The molecule has 0 N–H and O–H groups in total. The van der Waals surface area contributed by atoms with Crippen LogP contribution in [0, 0.1) is 0 Å². The predicted octanol–water partition coefficient (Wildman–Crippen LogP) is 3.70. The standard InChI is InChI=1S/C15H15F3N2O2/c1-14(6-3-7-21-14)13-19-12(20-22-13)9-10-4-2-5-11(8-10)15(16,17)18/h2,4-5,8H,3,6-7,9H2,1H3/t14-/m1/s1. The molecule has 0 bridgehead atoms. The van der Waals surface area contributed by atoms with Crippen LogP contribution in [0.4, 0.5) is 13.2 Å². The van der Waals surface area contributed by atoms with Crippen molar-refractivity contribution in [3.63, 3.8) is 0 Å². The van der Waals surface area contributed by atoms with Crippen molar-refractivity contribution in [3.05, 3.63) is 47.1 Å². The molecule has 0 unspecified atom stereocenters. The zero-order chi connectivity index (χ0) is 15.8. The number of nitrogens with zero attached hydrogens (tertiary/aromatic N) is 2. The van der Waals surface area contributed by atoms with Crippen LogP contribution < -0.4 is 0 Å². The van der Waals surface area contributed by atoms with Gasteiger partial charge >= 0.3 is 6.18 Å². The van der Waals surface area contributed by atoms with E-state index < -0.39 is 17.3 Å². The fourth-order valence-electron chi connectivity index (χ4n) is 2.53. The molecule has 1 aromatic heterocycles. The lowest BCUT2D eigenvalue weighted by atomic mass is 10.0. The third-order valence-electron chi connectivity index (χ3n) is 3.76. The van der Waals surface area contributed by atoms with Gasteiger partial charge in [-0.15, -0.1) is 0 Å². The number of aromatic nitrogens is 2. The molecule has 1 atom stereocenters. The monoisotopic (exact) mass is 312 g/mol. The van der Waals surface area contributed by atoms with E-state index in [1.807, 2.05) is 6.92 Å². The summed E-state index contributed by atoms with van der Waals surface area (Å²) in [7, 11) is 0. The van der Waals surface area contributed by atoms with Crippen LogP contribution in [0.15, 0.2) is 28.8 Å². The maximum atomic E-state index is 12.7. The first-order valence-electron chi connectivity index (χ1n) is 7.00. The highest BCUT2D eigenvalue weighted by Crippen LogP contribution is 2.34. The molecule has 1 aromatic carbocycles. The van der Waals surface area contributed by atoms with Crippen LogP contribution in [0.1, 0.15) is 42.6 Å². The lowest BCUT2D eigenvalue weighted by molar-refractivity contribution is -0.137. The molecule has 0 aliphatic carbocycles. The first-order valence-corrected chi connectivity index (χ1v) is 7.00. The van der Waals surface area contributed by atoms with Gasteiger partial charge in [-0.25, -0.2) is 0 Å². The highest BCUT2D eigenvalue weighted by molar-refractivity contribution is 5.27. The van der Waals surface area contributed by atoms with Crippen LogP contribution in [0.2, 0.25) is 0 Å². The van der Waals surface area contributed by atoms with E-state index in [0.717, 1.165) is 25.0 Å². The van der Waals surface area contributed by atoms with E-state index in [1.165, 1.54) is 6.07 Å². The van der Waals surface area contributed by atoms with Crippen LogP contribution in [0.25, 0.3) is 0 Å². The van der Waals surface area contributed by atoms with Crippen molar-refractivity contribution in [2.45, 2.75) is 38.0 Å². The third-order valence-corrected chi connectivity index (χ3v) is 3.76. The summed E-state index contributed by atoms with van der Waals surface area (Å²) in [4.78, 5) is 4.27. The largest absolute Gasteiger partial charge is 0.416 e. The van der Waals surface area contributed by atoms with Gasteiger partial charge in [-0.3, -0.25) is 0 Å². The Labute approximate surface area is 125 Å². The second kappa shape index (κ2) is 5.39. The van der Waals surface area contributed by atoms with Crippen molar-refractivity contribution in [2.75, 3.05) is 6.61 Å². The summed E-state index contributed by atoms with van der Waals surface area (Å²) in [6.07, 6.45) is -2.47. The zero-order valence-electron chi connectivity index (χ0n) is 12.0. The maximum Gasteiger partial charge on any atom is 0.416 e.